The van der Waals surface area contributed by atoms with E-state index >= 15 is 0 Å². The van der Waals surface area contributed by atoms with Gasteiger partial charge in [-0.3, -0.25) is 14.9 Å². The normalized spacial score (nSPS) is 9.83. The molecule has 0 aliphatic heterocycles. The van der Waals surface area contributed by atoms with Crippen molar-refractivity contribution in [3.8, 4) is 0 Å². The first-order valence-corrected chi connectivity index (χ1v) is 7.42. The maximum atomic E-state index is 12.1. The van der Waals surface area contributed by atoms with Crippen LogP contribution in [0, 0.1) is 6.92 Å². The minimum Gasteiger partial charge on any atom is -0.355 e. The number of benzene rings is 2. The van der Waals surface area contributed by atoms with Crippen molar-refractivity contribution >= 4 is 34.8 Å². The highest BCUT2D eigenvalue weighted by molar-refractivity contribution is 7.80. The summed E-state index contributed by atoms with van der Waals surface area (Å²) in [5, 5.41) is 8.16. The Labute approximate surface area is 140 Å². The van der Waals surface area contributed by atoms with Crippen LogP contribution in [0.2, 0.25) is 0 Å². The van der Waals surface area contributed by atoms with E-state index in [0.717, 1.165) is 5.56 Å². The predicted octanol–water partition coefficient (Wildman–Crippen LogP) is 2.48. The molecule has 0 fully saturated rings. The van der Waals surface area contributed by atoms with Crippen molar-refractivity contribution in [3.05, 3.63) is 65.2 Å². The molecule has 0 aliphatic rings. The first-order chi connectivity index (χ1) is 11.0. The van der Waals surface area contributed by atoms with Gasteiger partial charge in [-0.25, -0.2) is 0 Å². The molecule has 0 atom stereocenters. The van der Waals surface area contributed by atoms with Crippen LogP contribution in [0.4, 0.5) is 5.69 Å². The Bertz CT molecular complexity index is 742. The highest BCUT2D eigenvalue weighted by Gasteiger charge is 2.12. The van der Waals surface area contributed by atoms with E-state index in [2.05, 4.69) is 16.0 Å². The van der Waals surface area contributed by atoms with Crippen LogP contribution >= 0.6 is 12.2 Å². The molecule has 0 radical (unpaired) electrons. The van der Waals surface area contributed by atoms with Crippen LogP contribution in [0.1, 0.15) is 26.3 Å². The zero-order valence-electron chi connectivity index (χ0n) is 12.8. The number of carbonyl (C=O) groups excluding carboxylic acids is 2. The van der Waals surface area contributed by atoms with Crippen molar-refractivity contribution in [1.82, 2.24) is 10.6 Å². The highest BCUT2D eigenvalue weighted by atomic mass is 32.1. The summed E-state index contributed by atoms with van der Waals surface area (Å²) in [6, 6.07) is 14.1. The fourth-order valence-corrected chi connectivity index (χ4v) is 2.16. The number of nitrogens with one attached hydrogen (secondary N) is 3. The summed E-state index contributed by atoms with van der Waals surface area (Å²) in [4.78, 5) is 23.9. The summed E-state index contributed by atoms with van der Waals surface area (Å²) < 4.78 is 0. The van der Waals surface area contributed by atoms with E-state index in [9.17, 15) is 9.59 Å². The maximum absolute atomic E-state index is 12.1. The van der Waals surface area contributed by atoms with Gasteiger partial charge in [0.2, 0.25) is 0 Å². The Morgan fingerprint density at radius 3 is 2.26 bits per heavy atom. The van der Waals surface area contributed by atoms with Crippen LogP contribution in [-0.2, 0) is 0 Å². The Morgan fingerprint density at radius 1 is 0.957 bits per heavy atom. The Hall–Kier alpha value is -2.73. The predicted molar refractivity (Wildman–Crippen MR) is 94.7 cm³/mol. The topological polar surface area (TPSA) is 70.2 Å². The van der Waals surface area contributed by atoms with Crippen LogP contribution in [0.15, 0.2) is 48.5 Å². The van der Waals surface area contributed by atoms with E-state index in [1.165, 1.54) is 0 Å². The number of anilines is 1. The van der Waals surface area contributed by atoms with Crippen molar-refractivity contribution in [2.24, 2.45) is 0 Å². The van der Waals surface area contributed by atoms with Crippen LogP contribution in [0.25, 0.3) is 0 Å². The standard InChI is InChI=1S/C17H17N3O2S/c1-11-7-9-12(10-8-11)15(21)20-17(23)19-14-6-4-3-5-13(14)16(22)18-2/h3-10H,1-2H3,(H,18,22)(H2,19,20,21,23). The van der Waals surface area contributed by atoms with Gasteiger partial charge < -0.3 is 10.6 Å². The molecular weight excluding hydrogens is 310 g/mol. The summed E-state index contributed by atoms with van der Waals surface area (Å²) >= 11 is 5.15. The minimum absolute atomic E-state index is 0.131. The highest BCUT2D eigenvalue weighted by Crippen LogP contribution is 2.14. The van der Waals surface area contributed by atoms with Gasteiger partial charge in [-0.05, 0) is 43.4 Å². The molecule has 0 heterocycles. The van der Waals surface area contributed by atoms with E-state index in [1.54, 1.807) is 43.4 Å². The summed E-state index contributed by atoms with van der Waals surface area (Å²) in [5.41, 5.74) is 2.56. The van der Waals surface area contributed by atoms with Crippen LogP contribution in [-0.4, -0.2) is 24.0 Å². The molecule has 0 bridgehead atoms. The number of thiocarbonyl (C=S) groups is 1. The zero-order valence-corrected chi connectivity index (χ0v) is 13.7. The van der Waals surface area contributed by atoms with Gasteiger partial charge in [-0.15, -0.1) is 0 Å². The molecule has 0 spiro atoms. The molecule has 0 saturated carbocycles. The molecule has 2 aromatic carbocycles. The van der Waals surface area contributed by atoms with E-state index < -0.39 is 0 Å². The smallest absolute Gasteiger partial charge is 0.257 e. The molecule has 118 valence electrons. The maximum Gasteiger partial charge on any atom is 0.257 e. The van der Waals surface area contributed by atoms with Gasteiger partial charge in [0, 0.05) is 12.6 Å². The lowest BCUT2D eigenvalue weighted by Crippen LogP contribution is -2.34. The number of amides is 2. The molecule has 2 aromatic rings. The van der Waals surface area contributed by atoms with Crippen molar-refractivity contribution < 1.29 is 9.59 Å². The Balaban J connectivity index is 2.07. The number of rotatable bonds is 3. The summed E-state index contributed by atoms with van der Waals surface area (Å²) in [5.74, 6) is -0.541. The molecular formula is C17H17N3O2S. The van der Waals surface area contributed by atoms with Crippen LogP contribution in [0.5, 0.6) is 0 Å². The van der Waals surface area contributed by atoms with Gasteiger partial charge >= 0.3 is 0 Å². The van der Waals surface area contributed by atoms with Crippen LogP contribution in [0.3, 0.4) is 0 Å². The fraction of sp³-hybridized carbons (Fsp3) is 0.118. The van der Waals surface area contributed by atoms with Crippen molar-refractivity contribution in [2.75, 3.05) is 12.4 Å². The average Bonchev–Trinajstić information content (AvgIpc) is 2.55. The van der Waals surface area contributed by atoms with Gasteiger partial charge in [-0.2, -0.15) is 0 Å². The second-order valence-electron chi connectivity index (χ2n) is 4.90. The van der Waals surface area contributed by atoms with Gasteiger partial charge in [0.25, 0.3) is 11.8 Å². The number of hydrogen-bond donors (Lipinski definition) is 3. The molecule has 0 unspecified atom stereocenters. The molecule has 6 heteroatoms. The number of carbonyl (C=O) groups is 2. The molecule has 2 rings (SSSR count). The van der Waals surface area contributed by atoms with Gasteiger partial charge in [0.1, 0.15) is 0 Å². The largest absolute Gasteiger partial charge is 0.355 e. The van der Waals surface area contributed by atoms with Crippen molar-refractivity contribution in [3.63, 3.8) is 0 Å². The van der Waals surface area contributed by atoms with Gasteiger partial charge in [0.15, 0.2) is 5.11 Å². The summed E-state index contributed by atoms with van der Waals surface area (Å²) in [6.07, 6.45) is 0. The molecule has 3 N–H and O–H groups in total. The second kappa shape index (κ2) is 7.51. The Kier molecular flexibility index (Phi) is 5.43. The third-order valence-corrected chi connectivity index (χ3v) is 3.39. The third-order valence-electron chi connectivity index (χ3n) is 3.19. The lowest BCUT2D eigenvalue weighted by Gasteiger charge is -2.12. The fourth-order valence-electron chi connectivity index (χ4n) is 1.96. The Morgan fingerprint density at radius 2 is 1.61 bits per heavy atom. The van der Waals surface area contributed by atoms with Gasteiger partial charge in [-0.1, -0.05) is 29.8 Å². The SMILES string of the molecule is CNC(=O)c1ccccc1NC(=S)NC(=O)c1ccc(C)cc1. The third kappa shape index (κ3) is 4.37. The molecule has 23 heavy (non-hydrogen) atoms. The quantitative estimate of drug-likeness (QED) is 0.758. The van der Waals surface area contributed by atoms with E-state index in [0.29, 0.717) is 16.8 Å². The molecule has 2 amide bonds. The molecule has 0 saturated heterocycles. The summed E-state index contributed by atoms with van der Waals surface area (Å²) in [7, 11) is 1.55. The molecule has 0 aromatic heterocycles. The summed E-state index contributed by atoms with van der Waals surface area (Å²) in [6.45, 7) is 1.95. The first kappa shape index (κ1) is 16.6. The molecule has 0 aliphatic carbocycles. The first-order valence-electron chi connectivity index (χ1n) is 7.01. The van der Waals surface area contributed by atoms with E-state index in [1.807, 2.05) is 19.1 Å². The average molecular weight is 327 g/mol. The van der Waals surface area contributed by atoms with Gasteiger partial charge in [0.05, 0.1) is 11.3 Å². The monoisotopic (exact) mass is 327 g/mol. The van der Waals surface area contributed by atoms with E-state index in [4.69, 9.17) is 12.2 Å². The zero-order chi connectivity index (χ0) is 16.8. The lowest BCUT2D eigenvalue weighted by molar-refractivity contribution is 0.0961. The van der Waals surface area contributed by atoms with Crippen molar-refractivity contribution in [2.45, 2.75) is 6.92 Å². The minimum atomic E-state index is -0.306. The molecule has 5 nitrogen and oxygen atoms in total. The van der Waals surface area contributed by atoms with Crippen molar-refractivity contribution in [1.29, 1.82) is 0 Å². The van der Waals surface area contributed by atoms with E-state index in [-0.39, 0.29) is 16.9 Å². The number of hydrogen-bond acceptors (Lipinski definition) is 3. The second-order valence-corrected chi connectivity index (χ2v) is 5.31. The van der Waals surface area contributed by atoms with Crippen LogP contribution < -0.4 is 16.0 Å². The number of aryl methyl sites for hydroxylation is 1. The lowest BCUT2D eigenvalue weighted by atomic mass is 10.1. The number of para-hydroxylation sites is 1.